The Kier molecular flexibility index (Phi) is 7.92. The molecule has 0 saturated carbocycles. The summed E-state index contributed by atoms with van der Waals surface area (Å²) in [6.45, 7) is 4.72. The molecule has 0 N–H and O–H groups in total. The molecule has 0 amide bonds. The Bertz CT molecular complexity index is 742. The largest absolute Gasteiger partial charge is 0.463 e. The molecule has 2 aromatic rings. The minimum Gasteiger partial charge on any atom is -0.463 e. The summed E-state index contributed by atoms with van der Waals surface area (Å²) in [5.74, 6) is 0.326. The van der Waals surface area contributed by atoms with Gasteiger partial charge < -0.3 is 9.47 Å². The van der Waals surface area contributed by atoms with Crippen molar-refractivity contribution in [3.05, 3.63) is 42.2 Å². The van der Waals surface area contributed by atoms with Gasteiger partial charge in [-0.2, -0.15) is 0 Å². The molecule has 0 aliphatic carbocycles. The Morgan fingerprint density at radius 1 is 0.963 bits per heavy atom. The smallest absolute Gasteiger partial charge is 0.308 e. The standard InChI is InChI=1S/C21H26N2O4/c1-15(26-16(2)24)7-5-4-6-8-18-9-11-19(12-10-18)21-22-13-20(14-23-21)27-17(3)25/h9-15H,4-8H2,1-3H3. The van der Waals surface area contributed by atoms with Crippen molar-refractivity contribution in [2.75, 3.05) is 0 Å². The summed E-state index contributed by atoms with van der Waals surface area (Å²) < 4.78 is 10.1. The Morgan fingerprint density at radius 2 is 1.63 bits per heavy atom. The maximum atomic E-state index is 10.9. The summed E-state index contributed by atoms with van der Waals surface area (Å²) in [6.07, 6.45) is 8.15. The lowest BCUT2D eigenvalue weighted by molar-refractivity contribution is -0.145. The van der Waals surface area contributed by atoms with Gasteiger partial charge in [-0.15, -0.1) is 0 Å². The maximum Gasteiger partial charge on any atom is 0.308 e. The summed E-state index contributed by atoms with van der Waals surface area (Å²) in [4.78, 5) is 30.2. The number of carbonyl (C=O) groups excluding carboxylic acids is 2. The molecule has 1 atom stereocenters. The Balaban J connectivity index is 1.76. The number of esters is 2. The molecule has 1 unspecified atom stereocenters. The Morgan fingerprint density at radius 3 is 2.22 bits per heavy atom. The van der Waals surface area contributed by atoms with Crippen molar-refractivity contribution >= 4 is 11.9 Å². The number of rotatable bonds is 9. The van der Waals surface area contributed by atoms with E-state index >= 15 is 0 Å². The van der Waals surface area contributed by atoms with E-state index in [4.69, 9.17) is 9.47 Å². The van der Waals surface area contributed by atoms with Gasteiger partial charge in [0.1, 0.15) is 0 Å². The number of hydrogen-bond donors (Lipinski definition) is 0. The van der Waals surface area contributed by atoms with Crippen LogP contribution in [-0.2, 0) is 20.7 Å². The average Bonchev–Trinajstić information content (AvgIpc) is 2.61. The van der Waals surface area contributed by atoms with Gasteiger partial charge in [-0.25, -0.2) is 9.97 Å². The average molecular weight is 370 g/mol. The molecule has 0 aliphatic heterocycles. The van der Waals surface area contributed by atoms with Crippen LogP contribution in [0.25, 0.3) is 11.4 Å². The summed E-state index contributed by atoms with van der Waals surface area (Å²) in [7, 11) is 0. The highest BCUT2D eigenvalue weighted by atomic mass is 16.5. The van der Waals surface area contributed by atoms with E-state index < -0.39 is 5.97 Å². The van der Waals surface area contributed by atoms with E-state index in [1.165, 1.54) is 31.8 Å². The van der Waals surface area contributed by atoms with Gasteiger partial charge in [-0.1, -0.05) is 30.7 Å². The van der Waals surface area contributed by atoms with E-state index in [0.29, 0.717) is 11.6 Å². The van der Waals surface area contributed by atoms with Crippen LogP contribution >= 0.6 is 0 Å². The third-order valence-corrected chi connectivity index (χ3v) is 4.05. The van der Waals surface area contributed by atoms with Crippen molar-refractivity contribution in [3.8, 4) is 17.1 Å². The van der Waals surface area contributed by atoms with E-state index in [-0.39, 0.29) is 12.1 Å². The van der Waals surface area contributed by atoms with Crippen LogP contribution in [0.15, 0.2) is 36.7 Å². The van der Waals surface area contributed by atoms with Crippen molar-refractivity contribution in [2.45, 2.75) is 59.0 Å². The predicted molar refractivity (Wildman–Crippen MR) is 102 cm³/mol. The number of unbranched alkanes of at least 4 members (excludes halogenated alkanes) is 2. The summed E-state index contributed by atoms with van der Waals surface area (Å²) in [5, 5.41) is 0. The van der Waals surface area contributed by atoms with E-state index in [9.17, 15) is 9.59 Å². The highest BCUT2D eigenvalue weighted by Crippen LogP contribution is 2.18. The van der Waals surface area contributed by atoms with Crippen LogP contribution in [0, 0.1) is 0 Å². The zero-order chi connectivity index (χ0) is 19.6. The number of aromatic nitrogens is 2. The van der Waals surface area contributed by atoms with Gasteiger partial charge in [0.25, 0.3) is 0 Å². The molecule has 2 rings (SSSR count). The number of carbonyl (C=O) groups is 2. The number of aryl methyl sites for hydroxylation is 1. The third kappa shape index (κ3) is 7.56. The lowest BCUT2D eigenvalue weighted by Gasteiger charge is -2.11. The molecule has 0 aliphatic rings. The number of hydrogen-bond acceptors (Lipinski definition) is 6. The highest BCUT2D eigenvalue weighted by Gasteiger charge is 2.06. The van der Waals surface area contributed by atoms with Crippen LogP contribution in [0.4, 0.5) is 0 Å². The molecule has 0 fully saturated rings. The van der Waals surface area contributed by atoms with Crippen LogP contribution in [0.1, 0.15) is 52.0 Å². The van der Waals surface area contributed by atoms with Gasteiger partial charge in [0.05, 0.1) is 18.5 Å². The monoisotopic (exact) mass is 370 g/mol. The van der Waals surface area contributed by atoms with Crippen LogP contribution in [0.5, 0.6) is 5.75 Å². The second kappa shape index (κ2) is 10.4. The zero-order valence-corrected chi connectivity index (χ0v) is 16.1. The second-order valence-electron chi connectivity index (χ2n) is 6.55. The fourth-order valence-corrected chi connectivity index (χ4v) is 2.78. The van der Waals surface area contributed by atoms with E-state index in [1.54, 1.807) is 0 Å². The number of ether oxygens (including phenoxy) is 2. The van der Waals surface area contributed by atoms with Crippen molar-refractivity contribution in [1.29, 1.82) is 0 Å². The molecule has 1 aromatic heterocycles. The summed E-state index contributed by atoms with van der Waals surface area (Å²) in [6, 6.07) is 8.16. The highest BCUT2D eigenvalue weighted by molar-refractivity contribution is 5.69. The summed E-state index contributed by atoms with van der Waals surface area (Å²) in [5.41, 5.74) is 2.19. The van der Waals surface area contributed by atoms with Crippen molar-refractivity contribution in [3.63, 3.8) is 0 Å². The molecule has 0 radical (unpaired) electrons. The first-order valence-corrected chi connectivity index (χ1v) is 9.21. The molecule has 6 heteroatoms. The number of nitrogens with zero attached hydrogens (tertiary/aromatic N) is 2. The van der Waals surface area contributed by atoms with Crippen LogP contribution in [0.2, 0.25) is 0 Å². The van der Waals surface area contributed by atoms with Crippen LogP contribution in [0.3, 0.4) is 0 Å². The second-order valence-corrected chi connectivity index (χ2v) is 6.55. The lowest BCUT2D eigenvalue weighted by Crippen LogP contribution is -2.11. The number of benzene rings is 1. The van der Waals surface area contributed by atoms with Crippen molar-refractivity contribution in [1.82, 2.24) is 9.97 Å². The summed E-state index contributed by atoms with van der Waals surface area (Å²) >= 11 is 0. The van der Waals surface area contributed by atoms with E-state index in [1.807, 2.05) is 19.1 Å². The minimum atomic E-state index is -0.392. The van der Waals surface area contributed by atoms with Gasteiger partial charge in [0, 0.05) is 19.4 Å². The van der Waals surface area contributed by atoms with Crippen molar-refractivity contribution in [2.24, 2.45) is 0 Å². The molecular weight excluding hydrogens is 344 g/mol. The van der Waals surface area contributed by atoms with Crippen LogP contribution < -0.4 is 4.74 Å². The van der Waals surface area contributed by atoms with Gasteiger partial charge >= 0.3 is 11.9 Å². The molecular formula is C21H26N2O4. The predicted octanol–water partition coefficient (Wildman–Crippen LogP) is 4.12. The fourth-order valence-electron chi connectivity index (χ4n) is 2.78. The van der Waals surface area contributed by atoms with Gasteiger partial charge in [-0.3, -0.25) is 9.59 Å². The normalized spacial score (nSPS) is 11.7. The van der Waals surface area contributed by atoms with E-state index in [0.717, 1.165) is 37.7 Å². The third-order valence-electron chi connectivity index (χ3n) is 4.05. The first-order chi connectivity index (χ1) is 12.9. The van der Waals surface area contributed by atoms with Crippen LogP contribution in [-0.4, -0.2) is 28.0 Å². The molecule has 6 nitrogen and oxygen atoms in total. The molecule has 1 aromatic carbocycles. The van der Waals surface area contributed by atoms with E-state index in [2.05, 4.69) is 22.1 Å². The molecule has 0 bridgehead atoms. The Hall–Kier alpha value is -2.76. The molecule has 0 spiro atoms. The lowest BCUT2D eigenvalue weighted by atomic mass is 10.0. The first kappa shape index (κ1) is 20.6. The minimum absolute atomic E-state index is 0.00554. The zero-order valence-electron chi connectivity index (χ0n) is 16.1. The Labute approximate surface area is 159 Å². The SMILES string of the molecule is CC(=O)Oc1cnc(-c2ccc(CCCCCC(C)OC(C)=O)cc2)nc1. The topological polar surface area (TPSA) is 78.4 Å². The molecule has 27 heavy (non-hydrogen) atoms. The molecule has 144 valence electrons. The first-order valence-electron chi connectivity index (χ1n) is 9.21. The van der Waals surface area contributed by atoms with Gasteiger partial charge in [0.2, 0.25) is 0 Å². The maximum absolute atomic E-state index is 10.9. The molecule has 1 heterocycles. The quantitative estimate of drug-likeness (QED) is 0.488. The van der Waals surface area contributed by atoms with Gasteiger partial charge in [-0.05, 0) is 38.2 Å². The fraction of sp³-hybridized carbons (Fsp3) is 0.429. The molecule has 0 saturated heterocycles. The van der Waals surface area contributed by atoms with Gasteiger partial charge in [0.15, 0.2) is 11.6 Å². The van der Waals surface area contributed by atoms with Crippen molar-refractivity contribution < 1.29 is 19.1 Å².